The molecule has 3 atom stereocenters. The van der Waals surface area contributed by atoms with Crippen molar-refractivity contribution in [3.05, 3.63) is 82.2 Å². The molecule has 238 valence electrons. The number of fused-ring (bicyclic) bond motifs is 1. The Labute approximate surface area is 268 Å². The number of pyridine rings is 1. The first kappa shape index (κ1) is 31.3. The van der Waals surface area contributed by atoms with Crippen LogP contribution < -0.4 is 5.32 Å². The Hall–Kier alpha value is -3.73. The smallest absolute Gasteiger partial charge is 0.410 e. The second kappa shape index (κ2) is 13.7. The molecule has 10 nitrogen and oxygen atoms in total. The highest BCUT2D eigenvalue weighted by atomic mass is 35.5. The van der Waals surface area contributed by atoms with E-state index in [9.17, 15) is 9.59 Å². The number of aryl methyl sites for hydroxylation is 1. The summed E-state index contributed by atoms with van der Waals surface area (Å²) in [7, 11) is 3.43. The van der Waals surface area contributed by atoms with Crippen molar-refractivity contribution >= 4 is 35.3 Å². The molecular formula is C34H40ClN5O5. The molecule has 2 aromatic rings. The van der Waals surface area contributed by atoms with E-state index in [-0.39, 0.29) is 36.0 Å². The van der Waals surface area contributed by atoms with Crippen molar-refractivity contribution < 1.29 is 23.8 Å². The molecule has 6 rings (SSSR count). The Bertz CT molecular complexity index is 1560. The van der Waals surface area contributed by atoms with Crippen LogP contribution in [0.2, 0.25) is 0 Å². The predicted octanol–water partition coefficient (Wildman–Crippen LogP) is 4.99. The van der Waals surface area contributed by atoms with E-state index in [1.807, 2.05) is 34.9 Å². The number of nitrogens with zero attached hydrogens (tertiary/aromatic N) is 4. The lowest BCUT2D eigenvalue weighted by atomic mass is 9.77. The second-order valence-electron chi connectivity index (χ2n) is 12.0. The quantitative estimate of drug-likeness (QED) is 0.447. The number of allylic oxidation sites excluding steroid dienone is 4. The lowest BCUT2D eigenvalue weighted by Crippen LogP contribution is -2.40. The average Bonchev–Trinajstić information content (AvgIpc) is 3.41. The molecule has 0 radical (unpaired) electrons. The normalized spacial score (nSPS) is 22.8. The number of likely N-dealkylation sites (tertiary alicyclic amines) is 1. The Kier molecular flexibility index (Phi) is 9.53. The van der Waals surface area contributed by atoms with Crippen LogP contribution in [0.4, 0.5) is 4.79 Å². The van der Waals surface area contributed by atoms with Gasteiger partial charge in [0.25, 0.3) is 0 Å². The van der Waals surface area contributed by atoms with Gasteiger partial charge in [-0.1, -0.05) is 30.7 Å². The van der Waals surface area contributed by atoms with Crippen LogP contribution >= 0.6 is 11.6 Å². The Morgan fingerprint density at radius 2 is 2.00 bits per heavy atom. The molecule has 0 bridgehead atoms. The Balaban J connectivity index is 1.42. The van der Waals surface area contributed by atoms with Gasteiger partial charge in [0.15, 0.2) is 0 Å². The molecule has 2 fully saturated rings. The van der Waals surface area contributed by atoms with Gasteiger partial charge in [0.2, 0.25) is 5.91 Å². The summed E-state index contributed by atoms with van der Waals surface area (Å²) in [4.78, 5) is 37.2. The van der Waals surface area contributed by atoms with Gasteiger partial charge in [-0.25, -0.2) is 9.78 Å². The number of imidazole rings is 1. The average molecular weight is 634 g/mol. The minimum absolute atomic E-state index is 0.0626. The van der Waals surface area contributed by atoms with Gasteiger partial charge in [0.1, 0.15) is 12.7 Å². The summed E-state index contributed by atoms with van der Waals surface area (Å²) in [5, 5.41) is 2.97. The van der Waals surface area contributed by atoms with Crippen LogP contribution in [-0.4, -0.2) is 82.9 Å². The number of nitrogens with one attached hydrogen (secondary N) is 1. The summed E-state index contributed by atoms with van der Waals surface area (Å²) in [5.74, 6) is -0.296. The van der Waals surface area contributed by atoms with Crippen molar-refractivity contribution in [2.24, 2.45) is 13.0 Å². The first-order valence-corrected chi connectivity index (χ1v) is 16.0. The molecule has 0 saturated carbocycles. The van der Waals surface area contributed by atoms with Crippen LogP contribution in [0.15, 0.2) is 65.3 Å². The van der Waals surface area contributed by atoms with Crippen LogP contribution in [0.5, 0.6) is 0 Å². The highest BCUT2D eigenvalue weighted by Crippen LogP contribution is 2.48. The summed E-state index contributed by atoms with van der Waals surface area (Å²) < 4.78 is 18.3. The van der Waals surface area contributed by atoms with E-state index < -0.39 is 6.04 Å². The maximum absolute atomic E-state index is 13.0. The SMILES string of the molecule is COCC(=O)NC(C1=Cc2cccnc2C(=C2CCN(C(=O)OC3CCOCC3)CC2)C2=C1C(C)C(Cl)C=C2)c1cncn1C. The van der Waals surface area contributed by atoms with E-state index >= 15 is 0 Å². The molecule has 2 aliphatic carbocycles. The van der Waals surface area contributed by atoms with Crippen LogP contribution in [-0.2, 0) is 26.1 Å². The molecule has 2 aliphatic heterocycles. The van der Waals surface area contributed by atoms with Crippen molar-refractivity contribution in [1.29, 1.82) is 0 Å². The third-order valence-electron chi connectivity index (χ3n) is 9.09. The molecule has 2 aromatic heterocycles. The number of rotatable bonds is 6. The molecule has 4 heterocycles. The summed E-state index contributed by atoms with van der Waals surface area (Å²) >= 11 is 6.93. The Morgan fingerprint density at radius 3 is 2.71 bits per heavy atom. The molecule has 4 aliphatic rings. The van der Waals surface area contributed by atoms with E-state index in [2.05, 4.69) is 35.4 Å². The summed E-state index contributed by atoms with van der Waals surface area (Å²) in [6.45, 7) is 4.44. The first-order chi connectivity index (χ1) is 21.9. The number of halogens is 1. The number of piperidine rings is 1. The Morgan fingerprint density at radius 1 is 1.22 bits per heavy atom. The van der Waals surface area contributed by atoms with E-state index in [0.717, 1.165) is 52.1 Å². The maximum Gasteiger partial charge on any atom is 0.410 e. The van der Waals surface area contributed by atoms with E-state index in [1.54, 1.807) is 12.5 Å². The molecule has 2 saturated heterocycles. The molecule has 11 heteroatoms. The van der Waals surface area contributed by atoms with Gasteiger partial charge in [0, 0.05) is 63.3 Å². The number of aromatic nitrogens is 3. The highest BCUT2D eigenvalue weighted by molar-refractivity contribution is 6.22. The third kappa shape index (κ3) is 6.50. The van der Waals surface area contributed by atoms with Crippen LogP contribution in [0.3, 0.4) is 0 Å². The zero-order valence-corrected chi connectivity index (χ0v) is 26.8. The summed E-state index contributed by atoms with van der Waals surface area (Å²) in [5.41, 5.74) is 8.01. The fourth-order valence-electron chi connectivity index (χ4n) is 6.71. The van der Waals surface area contributed by atoms with Gasteiger partial charge in [-0.15, -0.1) is 11.6 Å². The predicted molar refractivity (Wildman–Crippen MR) is 171 cm³/mol. The number of amides is 2. The number of carbonyl (C=O) groups is 2. The number of hydrogen-bond donors (Lipinski definition) is 1. The van der Waals surface area contributed by atoms with Gasteiger partial charge in [-0.2, -0.15) is 0 Å². The molecular weight excluding hydrogens is 594 g/mol. The molecule has 45 heavy (non-hydrogen) atoms. The van der Waals surface area contributed by atoms with Gasteiger partial charge in [-0.05, 0) is 41.7 Å². The van der Waals surface area contributed by atoms with Crippen molar-refractivity contribution in [2.45, 2.75) is 50.1 Å². The number of methoxy groups -OCH3 is 1. The van der Waals surface area contributed by atoms with Crippen LogP contribution in [0.25, 0.3) is 11.6 Å². The number of hydrogen-bond acceptors (Lipinski definition) is 7. The van der Waals surface area contributed by atoms with Gasteiger partial charge < -0.3 is 29.0 Å². The lowest BCUT2D eigenvalue weighted by Gasteiger charge is -2.34. The molecule has 0 spiro atoms. The second-order valence-corrected chi connectivity index (χ2v) is 12.5. The van der Waals surface area contributed by atoms with Crippen LogP contribution in [0, 0.1) is 5.92 Å². The standard InChI is InChI=1S/C34H40ClN5O5/c1-21-27(35)7-6-25-30(21)26(33(38-29(41)19-43-3)28-18-36-20-39(28)2)17-23-5-4-12-37-32(23)31(25)22-8-13-40(14-9-22)34(42)45-24-10-15-44-16-11-24/h4-7,12,17-18,20-21,24,27,33H,8-11,13-16,19H2,1-3H3,(H,38,41). The summed E-state index contributed by atoms with van der Waals surface area (Å²) in [6, 6.07) is 3.48. The van der Waals surface area contributed by atoms with E-state index in [4.69, 9.17) is 30.8 Å². The van der Waals surface area contributed by atoms with Gasteiger partial charge in [-0.3, -0.25) is 9.78 Å². The molecule has 2 amide bonds. The zero-order valence-electron chi connectivity index (χ0n) is 26.0. The van der Waals surface area contributed by atoms with Crippen LogP contribution in [0.1, 0.15) is 55.6 Å². The summed E-state index contributed by atoms with van der Waals surface area (Å²) in [6.07, 6.45) is 14.1. The van der Waals surface area contributed by atoms with Gasteiger partial charge in [0.05, 0.1) is 48.5 Å². The first-order valence-electron chi connectivity index (χ1n) is 15.6. The minimum Gasteiger partial charge on any atom is -0.446 e. The number of alkyl halides is 1. The molecule has 3 unspecified atom stereocenters. The highest BCUT2D eigenvalue weighted by Gasteiger charge is 2.37. The largest absolute Gasteiger partial charge is 0.446 e. The van der Waals surface area contributed by atoms with Crippen molar-refractivity contribution in [2.75, 3.05) is 40.0 Å². The molecule has 0 aromatic carbocycles. The maximum atomic E-state index is 13.0. The van der Waals surface area contributed by atoms with E-state index in [1.165, 1.54) is 12.7 Å². The minimum atomic E-state index is -0.512. The monoisotopic (exact) mass is 633 g/mol. The zero-order chi connectivity index (χ0) is 31.5. The van der Waals surface area contributed by atoms with Gasteiger partial charge >= 0.3 is 6.09 Å². The van der Waals surface area contributed by atoms with Crippen molar-refractivity contribution in [1.82, 2.24) is 24.8 Å². The number of carbonyl (C=O) groups excluding carboxylic acids is 2. The lowest BCUT2D eigenvalue weighted by molar-refractivity contribution is -0.125. The van der Waals surface area contributed by atoms with E-state index in [0.29, 0.717) is 39.1 Å². The topological polar surface area (TPSA) is 108 Å². The van der Waals surface area contributed by atoms with Crippen molar-refractivity contribution in [3.63, 3.8) is 0 Å². The fourth-order valence-corrected chi connectivity index (χ4v) is 6.91. The molecule has 1 N–H and O–H groups in total. The third-order valence-corrected chi connectivity index (χ3v) is 9.62. The fraction of sp³-hybridized carbons (Fsp3) is 0.471. The number of ether oxygens (including phenoxy) is 3. The van der Waals surface area contributed by atoms with Crippen molar-refractivity contribution in [3.8, 4) is 0 Å².